The zero-order valence-corrected chi connectivity index (χ0v) is 13.2. The van der Waals surface area contributed by atoms with Gasteiger partial charge in [-0.2, -0.15) is 0 Å². The van der Waals surface area contributed by atoms with Gasteiger partial charge in [-0.15, -0.1) is 0 Å². The van der Waals surface area contributed by atoms with Crippen molar-refractivity contribution in [2.75, 3.05) is 13.2 Å². The lowest BCUT2D eigenvalue weighted by Gasteiger charge is -2.27. The summed E-state index contributed by atoms with van der Waals surface area (Å²) in [6, 6.07) is 5.44. The number of hydrogen-bond donors (Lipinski definition) is 1. The first kappa shape index (κ1) is 15.6. The minimum atomic E-state index is -0.300. The second-order valence-corrected chi connectivity index (χ2v) is 6.57. The minimum Gasteiger partial charge on any atom is -0.368 e. The standard InChI is InChI=1S/C15H19Cl2NO2/c1-15(2,11-6-5-10(16)8-12(11)17)9-18-14(19)13-4-3-7-20-13/h5-6,8,13H,3-4,7,9H2,1-2H3,(H,18,19). The molecule has 5 heteroatoms. The fraction of sp³-hybridized carbons (Fsp3) is 0.533. The Morgan fingerprint density at radius 3 is 2.80 bits per heavy atom. The average Bonchev–Trinajstić information content (AvgIpc) is 2.89. The van der Waals surface area contributed by atoms with Gasteiger partial charge in [-0.25, -0.2) is 0 Å². The molecule has 1 saturated heterocycles. The van der Waals surface area contributed by atoms with E-state index in [0.29, 0.717) is 23.2 Å². The molecule has 1 atom stereocenters. The molecular weight excluding hydrogens is 297 g/mol. The van der Waals surface area contributed by atoms with Gasteiger partial charge in [-0.3, -0.25) is 4.79 Å². The molecule has 1 N–H and O–H groups in total. The topological polar surface area (TPSA) is 38.3 Å². The monoisotopic (exact) mass is 315 g/mol. The number of carbonyl (C=O) groups excluding carboxylic acids is 1. The number of carbonyl (C=O) groups is 1. The van der Waals surface area contributed by atoms with Gasteiger partial charge in [0.2, 0.25) is 5.91 Å². The van der Waals surface area contributed by atoms with Crippen LogP contribution in [0.4, 0.5) is 0 Å². The van der Waals surface area contributed by atoms with Crippen LogP contribution in [0.5, 0.6) is 0 Å². The van der Waals surface area contributed by atoms with Gasteiger partial charge in [0.15, 0.2) is 0 Å². The van der Waals surface area contributed by atoms with Crippen LogP contribution in [-0.2, 0) is 14.9 Å². The molecule has 1 amide bonds. The van der Waals surface area contributed by atoms with Gasteiger partial charge >= 0.3 is 0 Å². The summed E-state index contributed by atoms with van der Waals surface area (Å²) in [4.78, 5) is 12.0. The molecular formula is C15H19Cl2NO2. The van der Waals surface area contributed by atoms with Crippen LogP contribution in [0.3, 0.4) is 0 Å². The third kappa shape index (κ3) is 3.66. The van der Waals surface area contributed by atoms with Gasteiger partial charge in [0, 0.05) is 28.6 Å². The summed E-state index contributed by atoms with van der Waals surface area (Å²) in [5.41, 5.74) is 0.701. The first-order chi connectivity index (χ1) is 9.40. The van der Waals surface area contributed by atoms with Crippen LogP contribution in [-0.4, -0.2) is 25.2 Å². The highest BCUT2D eigenvalue weighted by Gasteiger charge is 2.28. The van der Waals surface area contributed by atoms with Crippen molar-refractivity contribution < 1.29 is 9.53 Å². The first-order valence-corrected chi connectivity index (χ1v) is 7.50. The lowest BCUT2D eigenvalue weighted by Crippen LogP contribution is -2.41. The average molecular weight is 316 g/mol. The molecule has 1 aromatic rings. The molecule has 1 aromatic carbocycles. The van der Waals surface area contributed by atoms with E-state index in [-0.39, 0.29) is 17.4 Å². The molecule has 1 aliphatic heterocycles. The summed E-state index contributed by atoms with van der Waals surface area (Å²) in [5, 5.41) is 4.18. The maximum atomic E-state index is 12.0. The molecule has 1 heterocycles. The molecule has 1 aliphatic rings. The number of ether oxygens (including phenoxy) is 1. The van der Waals surface area contributed by atoms with Gasteiger partial charge in [-0.1, -0.05) is 43.1 Å². The minimum absolute atomic E-state index is 0.0411. The Hall–Kier alpha value is -0.770. The molecule has 1 unspecified atom stereocenters. The number of benzene rings is 1. The largest absolute Gasteiger partial charge is 0.368 e. The maximum absolute atomic E-state index is 12.0. The summed E-state index contributed by atoms with van der Waals surface area (Å²) in [6.07, 6.45) is 1.45. The molecule has 2 rings (SSSR count). The molecule has 0 spiro atoms. The predicted molar refractivity (Wildman–Crippen MR) is 81.5 cm³/mol. The molecule has 20 heavy (non-hydrogen) atoms. The van der Waals surface area contributed by atoms with E-state index >= 15 is 0 Å². The van der Waals surface area contributed by atoms with Crippen molar-refractivity contribution in [3.8, 4) is 0 Å². The van der Waals surface area contributed by atoms with Gasteiger partial charge in [-0.05, 0) is 30.5 Å². The second kappa shape index (κ2) is 6.33. The first-order valence-electron chi connectivity index (χ1n) is 6.75. The summed E-state index contributed by atoms with van der Waals surface area (Å²) in [5.74, 6) is -0.0411. The Labute approximate surface area is 129 Å². The molecule has 1 fully saturated rings. The van der Waals surface area contributed by atoms with Crippen molar-refractivity contribution in [1.29, 1.82) is 0 Å². The van der Waals surface area contributed by atoms with E-state index in [1.807, 2.05) is 26.0 Å². The van der Waals surface area contributed by atoms with Crippen LogP contribution in [0.15, 0.2) is 18.2 Å². The van der Waals surface area contributed by atoms with Crippen molar-refractivity contribution in [2.24, 2.45) is 0 Å². The number of nitrogens with one attached hydrogen (secondary N) is 1. The highest BCUT2D eigenvalue weighted by Crippen LogP contribution is 2.31. The van der Waals surface area contributed by atoms with Gasteiger partial charge in [0.05, 0.1) is 0 Å². The Balaban J connectivity index is 2.01. The summed E-state index contributed by atoms with van der Waals surface area (Å²) in [7, 11) is 0. The van der Waals surface area contributed by atoms with Gasteiger partial charge < -0.3 is 10.1 Å². The van der Waals surface area contributed by atoms with Crippen molar-refractivity contribution >= 4 is 29.1 Å². The van der Waals surface area contributed by atoms with E-state index in [1.165, 1.54) is 0 Å². The van der Waals surface area contributed by atoms with Crippen LogP contribution in [0.1, 0.15) is 32.3 Å². The molecule has 0 aromatic heterocycles. The zero-order chi connectivity index (χ0) is 14.8. The smallest absolute Gasteiger partial charge is 0.249 e. The molecule has 3 nitrogen and oxygen atoms in total. The number of halogens is 2. The summed E-state index contributed by atoms with van der Waals surface area (Å²) in [6.45, 7) is 5.26. The number of rotatable bonds is 4. The van der Waals surface area contributed by atoms with Crippen molar-refractivity contribution in [3.63, 3.8) is 0 Å². The highest BCUT2D eigenvalue weighted by molar-refractivity contribution is 6.35. The maximum Gasteiger partial charge on any atom is 0.249 e. The Morgan fingerprint density at radius 1 is 1.45 bits per heavy atom. The van der Waals surface area contributed by atoms with E-state index in [1.54, 1.807) is 6.07 Å². The second-order valence-electron chi connectivity index (χ2n) is 5.73. The van der Waals surface area contributed by atoms with Gasteiger partial charge in [0.25, 0.3) is 0 Å². The van der Waals surface area contributed by atoms with Crippen LogP contribution < -0.4 is 5.32 Å². The molecule has 0 radical (unpaired) electrons. The number of amides is 1. The van der Waals surface area contributed by atoms with Crippen LogP contribution >= 0.6 is 23.2 Å². The Kier molecular flexibility index (Phi) is 4.95. The normalized spacial score (nSPS) is 19.1. The van der Waals surface area contributed by atoms with Crippen molar-refractivity contribution in [1.82, 2.24) is 5.32 Å². The van der Waals surface area contributed by atoms with Crippen molar-refractivity contribution in [3.05, 3.63) is 33.8 Å². The molecule has 0 aliphatic carbocycles. The zero-order valence-electron chi connectivity index (χ0n) is 11.7. The highest BCUT2D eigenvalue weighted by atomic mass is 35.5. The predicted octanol–water partition coefficient (Wildman–Crippen LogP) is 3.57. The SMILES string of the molecule is CC(C)(CNC(=O)C1CCCO1)c1ccc(Cl)cc1Cl. The summed E-state index contributed by atoms with van der Waals surface area (Å²) >= 11 is 12.1. The lowest BCUT2D eigenvalue weighted by atomic mass is 9.84. The quantitative estimate of drug-likeness (QED) is 0.922. The Morgan fingerprint density at radius 2 is 2.20 bits per heavy atom. The summed E-state index contributed by atoms with van der Waals surface area (Å²) < 4.78 is 5.37. The van der Waals surface area contributed by atoms with Crippen LogP contribution in [0, 0.1) is 0 Å². The molecule has 110 valence electrons. The van der Waals surface area contributed by atoms with E-state index < -0.39 is 0 Å². The van der Waals surface area contributed by atoms with Gasteiger partial charge in [0.1, 0.15) is 6.10 Å². The molecule has 0 bridgehead atoms. The van der Waals surface area contributed by atoms with E-state index in [0.717, 1.165) is 18.4 Å². The third-order valence-electron chi connectivity index (χ3n) is 3.59. The van der Waals surface area contributed by atoms with Crippen LogP contribution in [0.25, 0.3) is 0 Å². The fourth-order valence-corrected chi connectivity index (χ4v) is 3.00. The Bertz CT molecular complexity index is 497. The van der Waals surface area contributed by atoms with Crippen LogP contribution in [0.2, 0.25) is 10.0 Å². The molecule has 0 saturated carbocycles. The fourth-order valence-electron chi connectivity index (χ4n) is 2.34. The number of hydrogen-bond acceptors (Lipinski definition) is 2. The van der Waals surface area contributed by atoms with E-state index in [9.17, 15) is 4.79 Å². The van der Waals surface area contributed by atoms with E-state index in [4.69, 9.17) is 27.9 Å². The lowest BCUT2D eigenvalue weighted by molar-refractivity contribution is -0.130. The van der Waals surface area contributed by atoms with Crippen molar-refractivity contribution in [2.45, 2.75) is 38.2 Å². The van der Waals surface area contributed by atoms with E-state index in [2.05, 4.69) is 5.32 Å². The third-order valence-corrected chi connectivity index (χ3v) is 4.13.